The molecule has 0 heterocycles. The highest BCUT2D eigenvalue weighted by molar-refractivity contribution is 5.24. The Balaban J connectivity index is 1.47. The van der Waals surface area contributed by atoms with Crippen molar-refractivity contribution in [2.24, 2.45) is 58.7 Å². The summed E-state index contributed by atoms with van der Waals surface area (Å²) in [5.74, 6) is 8.14. The molecule has 0 aromatic carbocycles. The molecule has 0 N–H and O–H groups in total. The first-order valence-corrected chi connectivity index (χ1v) is 12.7. The Labute approximate surface area is 175 Å². The zero-order valence-electron chi connectivity index (χ0n) is 19.6. The van der Waals surface area contributed by atoms with Gasteiger partial charge in [-0.2, -0.15) is 0 Å². The first-order chi connectivity index (χ1) is 13.3. The molecule has 0 radical (unpaired) electrons. The largest absolute Gasteiger partial charge is 0.0852 e. The molecule has 0 amide bonds. The molecule has 3 saturated carbocycles. The molecule has 0 saturated heterocycles. The van der Waals surface area contributed by atoms with Crippen molar-refractivity contribution in [1.82, 2.24) is 0 Å². The molecular formula is C28H46. The topological polar surface area (TPSA) is 0 Å². The van der Waals surface area contributed by atoms with E-state index in [1.54, 1.807) is 0 Å². The molecule has 0 aromatic heterocycles. The van der Waals surface area contributed by atoms with Crippen LogP contribution >= 0.6 is 0 Å². The number of hydrogen-bond donors (Lipinski definition) is 0. The molecule has 4 rings (SSSR count). The van der Waals surface area contributed by atoms with E-state index in [0.29, 0.717) is 11.3 Å². The summed E-state index contributed by atoms with van der Waals surface area (Å²) in [5.41, 5.74) is 2.41. The third kappa shape index (κ3) is 3.56. The van der Waals surface area contributed by atoms with Crippen LogP contribution in [0, 0.1) is 58.7 Å². The fraction of sp³-hybridized carbons (Fsp3) is 0.857. The van der Waals surface area contributed by atoms with E-state index < -0.39 is 0 Å². The van der Waals surface area contributed by atoms with Crippen molar-refractivity contribution in [3.05, 3.63) is 23.8 Å². The van der Waals surface area contributed by atoms with Gasteiger partial charge in [0.05, 0.1) is 0 Å². The van der Waals surface area contributed by atoms with Crippen LogP contribution < -0.4 is 0 Å². The second-order valence-corrected chi connectivity index (χ2v) is 12.0. The summed E-state index contributed by atoms with van der Waals surface area (Å²) in [6, 6.07) is 0. The van der Waals surface area contributed by atoms with Gasteiger partial charge in [0.25, 0.3) is 0 Å². The molecule has 158 valence electrons. The maximum absolute atomic E-state index is 2.74. The third-order valence-corrected chi connectivity index (χ3v) is 10.2. The molecule has 28 heavy (non-hydrogen) atoms. The highest BCUT2D eigenvalue weighted by Crippen LogP contribution is 2.63. The van der Waals surface area contributed by atoms with Crippen LogP contribution in [0.3, 0.4) is 0 Å². The lowest BCUT2D eigenvalue weighted by Crippen LogP contribution is -2.47. The van der Waals surface area contributed by atoms with E-state index in [2.05, 4.69) is 59.8 Å². The van der Waals surface area contributed by atoms with Gasteiger partial charge in [0.1, 0.15) is 0 Å². The summed E-state index contributed by atoms with van der Waals surface area (Å²) in [5, 5.41) is 0. The van der Waals surface area contributed by atoms with Crippen molar-refractivity contribution < 1.29 is 0 Å². The average Bonchev–Trinajstić information content (AvgIpc) is 3.10. The Hall–Kier alpha value is -0.520. The molecule has 4 aliphatic rings. The van der Waals surface area contributed by atoms with Crippen molar-refractivity contribution in [3.8, 4) is 0 Å². The third-order valence-electron chi connectivity index (χ3n) is 10.2. The normalized spacial score (nSPS) is 45.3. The smallest absolute Gasteiger partial charge is 0.00851 e. The van der Waals surface area contributed by atoms with Crippen LogP contribution in [-0.4, -0.2) is 0 Å². The van der Waals surface area contributed by atoms with Crippen molar-refractivity contribution in [1.29, 1.82) is 0 Å². The summed E-state index contributed by atoms with van der Waals surface area (Å²) < 4.78 is 0. The van der Waals surface area contributed by atoms with Crippen molar-refractivity contribution in [2.45, 2.75) is 92.9 Å². The maximum atomic E-state index is 2.74. The molecule has 9 atom stereocenters. The van der Waals surface area contributed by atoms with Gasteiger partial charge in [0.2, 0.25) is 0 Å². The van der Waals surface area contributed by atoms with Gasteiger partial charge in [-0.1, -0.05) is 65.3 Å². The number of hydrogen-bond acceptors (Lipinski definition) is 0. The maximum Gasteiger partial charge on any atom is -0.00851 e. The van der Waals surface area contributed by atoms with Gasteiger partial charge in [0.15, 0.2) is 0 Å². The van der Waals surface area contributed by atoms with Crippen molar-refractivity contribution in [2.75, 3.05) is 0 Å². The Bertz CT molecular complexity index is 610. The summed E-state index contributed by atoms with van der Waals surface area (Å²) >= 11 is 0. The van der Waals surface area contributed by atoms with Crippen LogP contribution in [0.2, 0.25) is 0 Å². The predicted octanol–water partition coefficient (Wildman–Crippen LogP) is 8.30. The van der Waals surface area contributed by atoms with Crippen LogP contribution in [0.4, 0.5) is 0 Å². The lowest BCUT2D eigenvalue weighted by atomic mass is 9.49. The highest BCUT2D eigenvalue weighted by atomic mass is 14.6. The minimum absolute atomic E-state index is 0.552. The van der Waals surface area contributed by atoms with Crippen LogP contribution in [0.5, 0.6) is 0 Å². The number of rotatable bonds is 4. The predicted molar refractivity (Wildman–Crippen MR) is 122 cm³/mol. The molecule has 7 unspecified atom stereocenters. The quantitative estimate of drug-likeness (QED) is 0.429. The minimum Gasteiger partial charge on any atom is -0.0852 e. The Morgan fingerprint density at radius 1 is 0.929 bits per heavy atom. The van der Waals surface area contributed by atoms with Crippen LogP contribution in [0.25, 0.3) is 0 Å². The summed E-state index contributed by atoms with van der Waals surface area (Å²) in [7, 11) is 0. The number of allylic oxidation sites excluding steroid dienone is 4. The standard InChI is InChI=1S/C28H46/c1-18(2)20(4)7-8-21(5)23-11-12-25-24(23)13-14-27-26(25)10-9-22-17-19(3)15-16-28(22,27)6/h7-9,18-21,23-27H,10-17H2,1-6H3/b8-7+/t19-,20-,21?,23?,24?,25?,26?,27?,28?/m0/s1. The van der Waals surface area contributed by atoms with Gasteiger partial charge >= 0.3 is 0 Å². The van der Waals surface area contributed by atoms with E-state index in [1.807, 2.05) is 5.57 Å². The molecule has 0 aromatic rings. The van der Waals surface area contributed by atoms with E-state index >= 15 is 0 Å². The van der Waals surface area contributed by atoms with Crippen LogP contribution in [0.1, 0.15) is 92.9 Å². The first kappa shape index (κ1) is 20.7. The second-order valence-electron chi connectivity index (χ2n) is 12.0. The van der Waals surface area contributed by atoms with Gasteiger partial charge in [-0.05, 0) is 110 Å². The molecule has 0 spiro atoms. The van der Waals surface area contributed by atoms with Gasteiger partial charge < -0.3 is 0 Å². The van der Waals surface area contributed by atoms with Gasteiger partial charge in [-0.15, -0.1) is 0 Å². The molecule has 0 heteroatoms. The van der Waals surface area contributed by atoms with E-state index in [1.165, 1.54) is 51.4 Å². The van der Waals surface area contributed by atoms with Crippen molar-refractivity contribution >= 4 is 0 Å². The molecule has 3 fully saturated rings. The first-order valence-electron chi connectivity index (χ1n) is 12.7. The summed E-state index contributed by atoms with van der Waals surface area (Å²) in [6.07, 6.45) is 19.6. The Kier molecular flexibility index (Phi) is 5.89. The number of fused-ring (bicyclic) bond motifs is 5. The minimum atomic E-state index is 0.552. The Morgan fingerprint density at radius 2 is 1.68 bits per heavy atom. The van der Waals surface area contributed by atoms with E-state index in [-0.39, 0.29) is 0 Å². The van der Waals surface area contributed by atoms with Gasteiger partial charge in [-0.3, -0.25) is 0 Å². The molecular weight excluding hydrogens is 336 g/mol. The van der Waals surface area contributed by atoms with Crippen LogP contribution in [-0.2, 0) is 0 Å². The molecule has 4 aliphatic carbocycles. The highest BCUT2D eigenvalue weighted by Gasteiger charge is 2.54. The fourth-order valence-corrected chi connectivity index (χ4v) is 7.91. The zero-order valence-corrected chi connectivity index (χ0v) is 19.6. The van der Waals surface area contributed by atoms with Gasteiger partial charge in [-0.25, -0.2) is 0 Å². The van der Waals surface area contributed by atoms with Gasteiger partial charge in [0, 0.05) is 0 Å². The molecule has 0 aliphatic heterocycles. The summed E-state index contributed by atoms with van der Waals surface area (Å²) in [4.78, 5) is 0. The summed E-state index contributed by atoms with van der Waals surface area (Å²) in [6.45, 7) is 14.7. The Morgan fingerprint density at radius 3 is 2.43 bits per heavy atom. The SMILES string of the molecule is CC(/C=C/[C@H](C)C(C)C)C1CCC2C1CCC1C2CC=C2C[C@@H](C)CCC21C. The zero-order chi connectivity index (χ0) is 20.1. The second kappa shape index (κ2) is 7.96. The van der Waals surface area contributed by atoms with E-state index in [4.69, 9.17) is 0 Å². The lowest BCUT2D eigenvalue weighted by Gasteiger charge is -2.55. The van der Waals surface area contributed by atoms with Crippen LogP contribution in [0.15, 0.2) is 23.8 Å². The van der Waals surface area contributed by atoms with E-state index in [0.717, 1.165) is 47.3 Å². The average molecular weight is 383 g/mol. The monoisotopic (exact) mass is 382 g/mol. The molecule has 0 nitrogen and oxygen atoms in total. The lowest BCUT2D eigenvalue weighted by molar-refractivity contribution is -0.00159. The fourth-order valence-electron chi connectivity index (χ4n) is 7.91. The van der Waals surface area contributed by atoms with Crippen molar-refractivity contribution in [3.63, 3.8) is 0 Å². The van der Waals surface area contributed by atoms with E-state index in [9.17, 15) is 0 Å². The molecule has 0 bridgehead atoms.